The molecule has 124 valence electrons. The maximum atomic E-state index is 5.92. The Morgan fingerprint density at radius 1 is 1.14 bits per heavy atom. The second kappa shape index (κ2) is 8.19. The van der Waals surface area contributed by atoms with Crippen LogP contribution in [0.4, 0.5) is 0 Å². The predicted octanol–water partition coefficient (Wildman–Crippen LogP) is 3.48. The molecule has 0 radical (unpaired) electrons. The molecule has 0 aromatic heterocycles. The Hall–Kier alpha value is -0.770. The first-order valence-corrected chi connectivity index (χ1v) is 8.33. The van der Waals surface area contributed by atoms with E-state index < -0.39 is 0 Å². The first-order chi connectivity index (χ1) is 10.2. The summed E-state index contributed by atoms with van der Waals surface area (Å²) in [6.45, 7) is 8.31. The summed E-state index contributed by atoms with van der Waals surface area (Å²) < 4.78 is 11.7. The maximum Gasteiger partial charge on any atom is 0.119 e. The van der Waals surface area contributed by atoms with Gasteiger partial charge in [0.25, 0.3) is 0 Å². The molecule has 1 aromatic rings. The van der Waals surface area contributed by atoms with Crippen molar-refractivity contribution in [1.29, 1.82) is 0 Å². The molecule has 2 unspecified atom stereocenters. The van der Waals surface area contributed by atoms with Crippen LogP contribution in [0, 0.1) is 0 Å². The van der Waals surface area contributed by atoms with Gasteiger partial charge in [0.2, 0.25) is 0 Å². The van der Waals surface area contributed by atoms with Crippen molar-refractivity contribution in [2.24, 2.45) is 0 Å². The van der Waals surface area contributed by atoms with Gasteiger partial charge in [-0.05, 0) is 62.8 Å². The Labute approximate surface area is 140 Å². The fourth-order valence-corrected chi connectivity index (χ4v) is 3.58. The van der Waals surface area contributed by atoms with Gasteiger partial charge >= 0.3 is 0 Å². The predicted molar refractivity (Wildman–Crippen MR) is 92.3 cm³/mol. The number of hydrogen-bond acceptors (Lipinski definition) is 3. The average Bonchev–Trinajstić information content (AvgIpc) is 2.90. The number of nitrogens with zero attached hydrogens (tertiary/aromatic N) is 1. The summed E-state index contributed by atoms with van der Waals surface area (Å²) >= 11 is 0. The fraction of sp³-hybridized carbons (Fsp3) is 0.667. The molecular weight excluding hydrogens is 298 g/mol. The number of fused-ring (bicyclic) bond motifs is 1. The van der Waals surface area contributed by atoms with Crippen LogP contribution in [0.15, 0.2) is 18.2 Å². The van der Waals surface area contributed by atoms with Crippen molar-refractivity contribution in [1.82, 2.24) is 4.90 Å². The lowest BCUT2D eigenvalue weighted by molar-refractivity contribution is -0.0686. The van der Waals surface area contributed by atoms with Crippen molar-refractivity contribution < 1.29 is 9.47 Å². The summed E-state index contributed by atoms with van der Waals surface area (Å²) in [5.41, 5.74) is 3.00. The molecule has 0 bridgehead atoms. The number of morpholine rings is 1. The maximum absolute atomic E-state index is 5.92. The normalized spacial score (nSPS) is 24.6. The van der Waals surface area contributed by atoms with Gasteiger partial charge in [0.15, 0.2) is 0 Å². The van der Waals surface area contributed by atoms with E-state index in [1.165, 1.54) is 30.4 Å². The zero-order valence-corrected chi connectivity index (χ0v) is 14.5. The van der Waals surface area contributed by atoms with Crippen LogP contribution in [0.2, 0.25) is 0 Å². The molecule has 0 saturated carbocycles. The largest absolute Gasteiger partial charge is 0.494 e. The van der Waals surface area contributed by atoms with Crippen LogP contribution in [0.5, 0.6) is 5.75 Å². The lowest BCUT2D eigenvalue weighted by atomic mass is 10.1. The summed E-state index contributed by atoms with van der Waals surface area (Å²) in [4.78, 5) is 2.49. The second-order valence-electron chi connectivity index (χ2n) is 6.50. The SMILES string of the molecule is CC1CN(CCCOc2ccc3c(c2)CCC3)CC(C)O1.Cl. The third kappa shape index (κ3) is 4.61. The molecule has 2 atom stereocenters. The summed E-state index contributed by atoms with van der Waals surface area (Å²) in [6.07, 6.45) is 5.54. The minimum Gasteiger partial charge on any atom is -0.494 e. The summed E-state index contributed by atoms with van der Waals surface area (Å²) in [7, 11) is 0. The zero-order valence-electron chi connectivity index (χ0n) is 13.7. The van der Waals surface area contributed by atoms with Crippen molar-refractivity contribution in [2.75, 3.05) is 26.2 Å². The van der Waals surface area contributed by atoms with Crippen LogP contribution in [0.1, 0.15) is 37.8 Å². The molecule has 2 aliphatic rings. The molecule has 1 aliphatic heterocycles. The highest BCUT2D eigenvalue weighted by molar-refractivity contribution is 5.85. The number of rotatable bonds is 5. The third-order valence-electron chi connectivity index (χ3n) is 4.45. The van der Waals surface area contributed by atoms with Crippen LogP contribution in [0.3, 0.4) is 0 Å². The van der Waals surface area contributed by atoms with Gasteiger partial charge in [0, 0.05) is 19.6 Å². The van der Waals surface area contributed by atoms with E-state index in [9.17, 15) is 0 Å². The van der Waals surface area contributed by atoms with Crippen molar-refractivity contribution in [3.05, 3.63) is 29.3 Å². The van der Waals surface area contributed by atoms with Gasteiger partial charge in [0.1, 0.15) is 5.75 Å². The van der Waals surface area contributed by atoms with Crippen LogP contribution < -0.4 is 4.74 Å². The highest BCUT2D eigenvalue weighted by atomic mass is 35.5. The zero-order chi connectivity index (χ0) is 14.7. The van der Waals surface area contributed by atoms with E-state index in [2.05, 4.69) is 36.9 Å². The Morgan fingerprint density at radius 2 is 1.86 bits per heavy atom. The lowest BCUT2D eigenvalue weighted by Crippen LogP contribution is -2.45. The summed E-state index contributed by atoms with van der Waals surface area (Å²) in [5, 5.41) is 0. The molecule has 0 N–H and O–H groups in total. The van der Waals surface area contributed by atoms with Gasteiger partial charge in [-0.2, -0.15) is 0 Å². The van der Waals surface area contributed by atoms with E-state index in [1.54, 1.807) is 0 Å². The summed E-state index contributed by atoms with van der Waals surface area (Å²) in [5.74, 6) is 1.04. The quantitative estimate of drug-likeness (QED) is 0.774. The van der Waals surface area contributed by atoms with E-state index in [1.807, 2.05) is 0 Å². The molecule has 22 heavy (non-hydrogen) atoms. The van der Waals surface area contributed by atoms with Gasteiger partial charge in [-0.25, -0.2) is 0 Å². The molecule has 1 heterocycles. The number of halogens is 1. The second-order valence-corrected chi connectivity index (χ2v) is 6.50. The minimum atomic E-state index is 0. The van der Waals surface area contributed by atoms with E-state index >= 15 is 0 Å². The van der Waals surface area contributed by atoms with Crippen LogP contribution in [0.25, 0.3) is 0 Å². The van der Waals surface area contributed by atoms with Crippen molar-refractivity contribution in [3.8, 4) is 5.75 Å². The van der Waals surface area contributed by atoms with Gasteiger partial charge in [-0.1, -0.05) is 6.07 Å². The number of hydrogen-bond donors (Lipinski definition) is 0. The van der Waals surface area contributed by atoms with E-state index in [-0.39, 0.29) is 12.4 Å². The fourth-order valence-electron chi connectivity index (χ4n) is 3.58. The molecule has 0 spiro atoms. The molecule has 3 rings (SSSR count). The number of ether oxygens (including phenoxy) is 2. The highest BCUT2D eigenvalue weighted by Crippen LogP contribution is 2.26. The molecule has 0 amide bonds. The molecule has 3 nitrogen and oxygen atoms in total. The first-order valence-electron chi connectivity index (χ1n) is 8.33. The Morgan fingerprint density at radius 3 is 2.64 bits per heavy atom. The van der Waals surface area contributed by atoms with Crippen LogP contribution in [-0.4, -0.2) is 43.3 Å². The van der Waals surface area contributed by atoms with E-state index in [0.717, 1.165) is 38.4 Å². The van der Waals surface area contributed by atoms with Crippen LogP contribution >= 0.6 is 12.4 Å². The monoisotopic (exact) mass is 325 g/mol. The number of aryl methyl sites for hydroxylation is 2. The van der Waals surface area contributed by atoms with Crippen molar-refractivity contribution >= 4 is 12.4 Å². The molecular formula is C18H28ClNO2. The lowest BCUT2D eigenvalue weighted by Gasteiger charge is -2.35. The molecule has 1 fully saturated rings. The van der Waals surface area contributed by atoms with Gasteiger partial charge in [-0.15, -0.1) is 12.4 Å². The van der Waals surface area contributed by atoms with Crippen molar-refractivity contribution in [2.45, 2.75) is 51.7 Å². The van der Waals surface area contributed by atoms with Gasteiger partial charge in [-0.3, -0.25) is 4.90 Å². The van der Waals surface area contributed by atoms with Crippen LogP contribution in [-0.2, 0) is 17.6 Å². The number of benzene rings is 1. The first kappa shape index (κ1) is 17.6. The average molecular weight is 326 g/mol. The smallest absolute Gasteiger partial charge is 0.119 e. The highest BCUT2D eigenvalue weighted by Gasteiger charge is 2.21. The molecule has 1 aromatic carbocycles. The van der Waals surface area contributed by atoms with E-state index in [4.69, 9.17) is 9.47 Å². The van der Waals surface area contributed by atoms with Gasteiger partial charge < -0.3 is 9.47 Å². The standard InChI is InChI=1S/C18H27NO2.ClH/c1-14-12-19(13-15(2)21-14)9-4-10-20-18-8-7-16-5-3-6-17(16)11-18;/h7-8,11,14-15H,3-6,9-10,12-13H2,1-2H3;1H. The summed E-state index contributed by atoms with van der Waals surface area (Å²) in [6, 6.07) is 6.60. The van der Waals surface area contributed by atoms with E-state index in [0.29, 0.717) is 12.2 Å². The Bertz CT molecular complexity index is 470. The van der Waals surface area contributed by atoms with Gasteiger partial charge in [0.05, 0.1) is 18.8 Å². The third-order valence-corrected chi connectivity index (χ3v) is 4.45. The molecule has 1 aliphatic carbocycles. The Balaban J connectivity index is 0.00000176. The molecule has 1 saturated heterocycles. The molecule has 4 heteroatoms. The van der Waals surface area contributed by atoms with Crippen molar-refractivity contribution in [3.63, 3.8) is 0 Å². The topological polar surface area (TPSA) is 21.7 Å². The Kier molecular flexibility index (Phi) is 6.54. The minimum absolute atomic E-state index is 0.